The zero-order valence-electron chi connectivity index (χ0n) is 6.90. The van der Waals surface area contributed by atoms with Crippen LogP contribution in [0, 0.1) is 6.92 Å². The van der Waals surface area contributed by atoms with Crippen LogP contribution in [0.1, 0.15) is 5.69 Å². The van der Waals surface area contributed by atoms with E-state index in [1.54, 1.807) is 25.1 Å². The van der Waals surface area contributed by atoms with Gasteiger partial charge in [-0.15, -0.1) is 0 Å². The highest BCUT2D eigenvalue weighted by molar-refractivity contribution is 7.92. The lowest BCUT2D eigenvalue weighted by molar-refractivity contribution is 0.606. The molecular weight excluding hydrogens is 176 g/mol. The van der Waals surface area contributed by atoms with Crippen molar-refractivity contribution in [3.05, 3.63) is 23.9 Å². The minimum atomic E-state index is -3.21. The van der Waals surface area contributed by atoms with Gasteiger partial charge >= 0.3 is 0 Å². The van der Waals surface area contributed by atoms with Gasteiger partial charge in [-0.2, -0.15) is 0 Å². The van der Waals surface area contributed by atoms with Crippen LogP contribution in [0.3, 0.4) is 0 Å². The van der Waals surface area contributed by atoms with Crippen LogP contribution in [-0.2, 0) is 10.0 Å². The van der Waals surface area contributed by atoms with Crippen molar-refractivity contribution in [1.82, 2.24) is 4.98 Å². The van der Waals surface area contributed by atoms with Crippen molar-refractivity contribution in [2.75, 3.05) is 11.0 Å². The van der Waals surface area contributed by atoms with E-state index in [4.69, 9.17) is 0 Å². The monoisotopic (exact) mass is 186 g/mol. The van der Waals surface area contributed by atoms with Gasteiger partial charge in [-0.25, -0.2) is 13.4 Å². The molecule has 0 amide bonds. The van der Waals surface area contributed by atoms with Crippen molar-refractivity contribution in [2.24, 2.45) is 0 Å². The van der Waals surface area contributed by atoms with Gasteiger partial charge in [0.15, 0.2) is 0 Å². The van der Waals surface area contributed by atoms with E-state index in [1.165, 1.54) is 0 Å². The second-order valence-corrected chi connectivity index (χ2v) is 4.29. The number of anilines is 1. The Kier molecular flexibility index (Phi) is 2.32. The van der Waals surface area contributed by atoms with Crippen LogP contribution < -0.4 is 4.72 Å². The third-order valence-corrected chi connectivity index (χ3v) is 1.76. The summed E-state index contributed by atoms with van der Waals surface area (Å²) in [4.78, 5) is 3.97. The Bertz CT molecular complexity index is 373. The minimum Gasteiger partial charge on any atom is -0.268 e. The molecule has 0 bridgehead atoms. The molecule has 12 heavy (non-hydrogen) atoms. The molecule has 1 N–H and O–H groups in total. The Morgan fingerprint density at radius 2 is 2.08 bits per heavy atom. The van der Waals surface area contributed by atoms with Crippen molar-refractivity contribution in [1.29, 1.82) is 0 Å². The molecule has 0 unspecified atom stereocenters. The van der Waals surface area contributed by atoms with Gasteiger partial charge in [0.05, 0.1) is 6.26 Å². The SMILES string of the molecule is Cc1cccc(NS(C)(=O)=O)n1. The Labute approximate surface area is 71.7 Å². The topological polar surface area (TPSA) is 59.1 Å². The van der Waals surface area contributed by atoms with E-state index in [2.05, 4.69) is 9.71 Å². The molecule has 0 radical (unpaired) electrons. The molecule has 66 valence electrons. The fourth-order valence-corrected chi connectivity index (χ4v) is 1.28. The molecular formula is C7H10N2O2S. The number of aryl methyl sites for hydroxylation is 1. The minimum absolute atomic E-state index is 0.359. The van der Waals surface area contributed by atoms with Gasteiger partial charge in [0.25, 0.3) is 0 Å². The predicted octanol–water partition coefficient (Wildman–Crippen LogP) is 0.762. The molecule has 0 fully saturated rings. The summed E-state index contributed by atoms with van der Waals surface area (Å²) in [6.45, 7) is 1.80. The highest BCUT2D eigenvalue weighted by Gasteiger charge is 2.01. The van der Waals surface area contributed by atoms with Gasteiger partial charge in [-0.05, 0) is 19.1 Å². The van der Waals surface area contributed by atoms with Gasteiger partial charge < -0.3 is 0 Å². The quantitative estimate of drug-likeness (QED) is 0.741. The van der Waals surface area contributed by atoms with Crippen molar-refractivity contribution >= 4 is 15.8 Å². The predicted molar refractivity (Wildman–Crippen MR) is 47.4 cm³/mol. The average molecular weight is 186 g/mol. The number of sulfonamides is 1. The van der Waals surface area contributed by atoms with Crippen LogP contribution in [0.5, 0.6) is 0 Å². The van der Waals surface area contributed by atoms with Crippen molar-refractivity contribution in [3.8, 4) is 0 Å². The molecule has 0 atom stereocenters. The van der Waals surface area contributed by atoms with Crippen LogP contribution in [0.2, 0.25) is 0 Å². The van der Waals surface area contributed by atoms with E-state index in [1.807, 2.05) is 0 Å². The Balaban J connectivity index is 2.91. The Hall–Kier alpha value is -1.10. The lowest BCUT2D eigenvalue weighted by Crippen LogP contribution is -2.10. The first-order chi connectivity index (χ1) is 5.47. The van der Waals surface area contributed by atoms with Crippen LogP contribution in [-0.4, -0.2) is 19.7 Å². The molecule has 0 aliphatic heterocycles. The van der Waals surface area contributed by atoms with E-state index in [9.17, 15) is 8.42 Å². The molecule has 0 saturated carbocycles. The normalized spacial score (nSPS) is 11.2. The molecule has 1 aromatic heterocycles. The number of aromatic nitrogens is 1. The molecule has 4 nitrogen and oxygen atoms in total. The molecule has 1 heterocycles. The fraction of sp³-hybridized carbons (Fsp3) is 0.286. The van der Waals surface area contributed by atoms with Crippen LogP contribution in [0.15, 0.2) is 18.2 Å². The summed E-state index contributed by atoms with van der Waals surface area (Å²) in [6, 6.07) is 5.15. The standard InChI is InChI=1S/C7H10N2O2S/c1-6-4-3-5-7(8-6)9-12(2,10)11/h3-5H,1-2H3,(H,8,9). The number of rotatable bonds is 2. The first-order valence-corrected chi connectivity index (χ1v) is 5.28. The summed E-state index contributed by atoms with van der Waals surface area (Å²) < 4.78 is 23.8. The van der Waals surface area contributed by atoms with Gasteiger partial charge in [0, 0.05) is 5.69 Å². The third-order valence-electron chi connectivity index (χ3n) is 1.18. The summed E-state index contributed by atoms with van der Waals surface area (Å²) >= 11 is 0. The summed E-state index contributed by atoms with van der Waals surface area (Å²) in [6.07, 6.45) is 1.09. The maximum atomic E-state index is 10.8. The first kappa shape index (κ1) is 8.99. The average Bonchev–Trinajstić information content (AvgIpc) is 1.82. The number of hydrogen-bond acceptors (Lipinski definition) is 3. The zero-order chi connectivity index (χ0) is 9.19. The van der Waals surface area contributed by atoms with E-state index in [0.29, 0.717) is 5.82 Å². The smallest absolute Gasteiger partial charge is 0.230 e. The van der Waals surface area contributed by atoms with E-state index in [0.717, 1.165) is 11.9 Å². The van der Waals surface area contributed by atoms with Crippen LogP contribution in [0.4, 0.5) is 5.82 Å². The number of nitrogens with zero attached hydrogens (tertiary/aromatic N) is 1. The number of nitrogens with one attached hydrogen (secondary N) is 1. The first-order valence-electron chi connectivity index (χ1n) is 3.39. The highest BCUT2D eigenvalue weighted by Crippen LogP contribution is 2.04. The van der Waals surface area contributed by atoms with Crippen LogP contribution in [0.25, 0.3) is 0 Å². The highest BCUT2D eigenvalue weighted by atomic mass is 32.2. The molecule has 5 heteroatoms. The van der Waals surface area contributed by atoms with E-state index < -0.39 is 10.0 Å². The maximum Gasteiger partial charge on any atom is 0.230 e. The lowest BCUT2D eigenvalue weighted by Gasteiger charge is -2.02. The summed E-state index contributed by atoms with van der Waals surface area (Å²) in [5.41, 5.74) is 0.781. The van der Waals surface area contributed by atoms with Crippen molar-refractivity contribution < 1.29 is 8.42 Å². The van der Waals surface area contributed by atoms with Gasteiger partial charge in [0.1, 0.15) is 5.82 Å². The fourth-order valence-electron chi connectivity index (χ4n) is 0.790. The van der Waals surface area contributed by atoms with Crippen molar-refractivity contribution in [2.45, 2.75) is 6.92 Å². The van der Waals surface area contributed by atoms with Crippen molar-refractivity contribution in [3.63, 3.8) is 0 Å². The summed E-state index contributed by atoms with van der Waals surface area (Å²) in [7, 11) is -3.21. The molecule has 0 aliphatic rings. The number of hydrogen-bond donors (Lipinski definition) is 1. The number of pyridine rings is 1. The van der Waals surface area contributed by atoms with E-state index >= 15 is 0 Å². The summed E-state index contributed by atoms with van der Waals surface area (Å²) in [5.74, 6) is 0.359. The second-order valence-electron chi connectivity index (χ2n) is 2.54. The lowest BCUT2D eigenvalue weighted by atomic mass is 10.4. The molecule has 0 aromatic carbocycles. The second kappa shape index (κ2) is 3.10. The Morgan fingerprint density at radius 1 is 1.42 bits per heavy atom. The molecule has 0 aliphatic carbocycles. The van der Waals surface area contributed by atoms with E-state index in [-0.39, 0.29) is 0 Å². The molecule has 0 saturated heterocycles. The third kappa shape index (κ3) is 2.87. The van der Waals surface area contributed by atoms with Gasteiger partial charge in [0.2, 0.25) is 10.0 Å². The Morgan fingerprint density at radius 3 is 2.58 bits per heavy atom. The van der Waals surface area contributed by atoms with Gasteiger partial charge in [-0.1, -0.05) is 6.07 Å². The maximum absolute atomic E-state index is 10.8. The molecule has 1 rings (SSSR count). The van der Waals surface area contributed by atoms with Crippen LogP contribution >= 0.6 is 0 Å². The largest absolute Gasteiger partial charge is 0.268 e. The zero-order valence-corrected chi connectivity index (χ0v) is 7.72. The summed E-state index contributed by atoms with van der Waals surface area (Å²) in [5, 5.41) is 0. The van der Waals surface area contributed by atoms with Gasteiger partial charge in [-0.3, -0.25) is 4.72 Å². The molecule has 1 aromatic rings. The molecule has 0 spiro atoms.